The van der Waals surface area contributed by atoms with Gasteiger partial charge in [0.25, 0.3) is 5.56 Å². The summed E-state index contributed by atoms with van der Waals surface area (Å²) in [6.45, 7) is 3.71. The van der Waals surface area contributed by atoms with Crippen molar-refractivity contribution < 1.29 is 27.4 Å². The van der Waals surface area contributed by atoms with Crippen LogP contribution in [0.15, 0.2) is 11.0 Å². The second-order valence-corrected chi connectivity index (χ2v) is 5.38. The van der Waals surface area contributed by atoms with Crippen molar-refractivity contribution in [3.8, 4) is 0 Å². The van der Waals surface area contributed by atoms with Gasteiger partial charge in [0.1, 0.15) is 5.56 Å². The smallest absolute Gasteiger partial charge is 0.423 e. The highest BCUT2D eigenvalue weighted by Crippen LogP contribution is 2.32. The first kappa shape index (κ1) is 19.9. The van der Waals surface area contributed by atoms with Gasteiger partial charge in [0.05, 0.1) is 44.7 Å². The SMILES string of the molecule is COC(=O)CCOCC(Nc1cn[nH]c(=O)c1C(F)(F)F)C(C)C. The van der Waals surface area contributed by atoms with Crippen molar-refractivity contribution in [1.82, 2.24) is 10.2 Å². The van der Waals surface area contributed by atoms with Crippen molar-refractivity contribution in [1.29, 1.82) is 0 Å². The molecule has 1 atom stereocenters. The highest BCUT2D eigenvalue weighted by molar-refractivity contribution is 5.69. The number of aromatic amines is 1. The first-order chi connectivity index (χ1) is 11.2. The lowest BCUT2D eigenvalue weighted by Gasteiger charge is -2.24. The van der Waals surface area contributed by atoms with Gasteiger partial charge in [-0.15, -0.1) is 0 Å². The highest BCUT2D eigenvalue weighted by Gasteiger charge is 2.37. The van der Waals surface area contributed by atoms with E-state index < -0.39 is 35.0 Å². The van der Waals surface area contributed by atoms with Gasteiger partial charge in [0.15, 0.2) is 0 Å². The van der Waals surface area contributed by atoms with Crippen LogP contribution in [-0.2, 0) is 20.4 Å². The number of nitrogens with one attached hydrogen (secondary N) is 2. The molecule has 2 N–H and O–H groups in total. The molecule has 0 aliphatic rings. The van der Waals surface area contributed by atoms with Gasteiger partial charge in [0, 0.05) is 0 Å². The molecule has 0 spiro atoms. The topological polar surface area (TPSA) is 93.3 Å². The summed E-state index contributed by atoms with van der Waals surface area (Å²) in [7, 11) is 1.25. The van der Waals surface area contributed by atoms with E-state index in [1.54, 1.807) is 18.9 Å². The Morgan fingerprint density at radius 1 is 1.42 bits per heavy atom. The number of esters is 1. The minimum absolute atomic E-state index is 0.0433. The summed E-state index contributed by atoms with van der Waals surface area (Å²) >= 11 is 0. The summed E-state index contributed by atoms with van der Waals surface area (Å²) in [6.07, 6.45) is -3.86. The molecule has 1 aromatic rings. The van der Waals surface area contributed by atoms with Gasteiger partial charge in [-0.05, 0) is 5.92 Å². The van der Waals surface area contributed by atoms with Crippen LogP contribution in [0.25, 0.3) is 0 Å². The molecule has 1 unspecified atom stereocenters. The summed E-state index contributed by atoms with van der Waals surface area (Å²) < 4.78 is 48.8. The first-order valence-electron chi connectivity index (χ1n) is 7.22. The fraction of sp³-hybridized carbons (Fsp3) is 0.643. The number of rotatable bonds is 8. The lowest BCUT2D eigenvalue weighted by molar-refractivity contribution is -0.142. The fourth-order valence-electron chi connectivity index (χ4n) is 1.86. The van der Waals surface area contributed by atoms with E-state index in [9.17, 15) is 22.8 Å². The molecule has 0 bridgehead atoms. The largest absolute Gasteiger partial charge is 0.469 e. The predicted molar refractivity (Wildman–Crippen MR) is 79.6 cm³/mol. The molecule has 0 radical (unpaired) electrons. The quantitative estimate of drug-likeness (QED) is 0.548. The van der Waals surface area contributed by atoms with Gasteiger partial charge in [-0.1, -0.05) is 13.8 Å². The lowest BCUT2D eigenvalue weighted by atomic mass is 10.0. The molecule has 24 heavy (non-hydrogen) atoms. The van der Waals surface area contributed by atoms with Crippen LogP contribution in [0.2, 0.25) is 0 Å². The van der Waals surface area contributed by atoms with Crippen molar-refractivity contribution in [3.63, 3.8) is 0 Å². The van der Waals surface area contributed by atoms with Crippen LogP contribution in [0.4, 0.5) is 18.9 Å². The summed E-state index contributed by atoms with van der Waals surface area (Å²) in [5.41, 5.74) is -3.07. The molecule has 0 aliphatic heterocycles. The van der Waals surface area contributed by atoms with Crippen LogP contribution in [0, 0.1) is 5.92 Å². The number of alkyl halides is 3. The van der Waals surface area contributed by atoms with E-state index in [1.165, 1.54) is 7.11 Å². The van der Waals surface area contributed by atoms with Crippen LogP contribution in [0.1, 0.15) is 25.8 Å². The van der Waals surface area contributed by atoms with Crippen molar-refractivity contribution in [2.75, 3.05) is 25.6 Å². The molecular formula is C14H20F3N3O4. The van der Waals surface area contributed by atoms with E-state index >= 15 is 0 Å². The molecule has 1 aromatic heterocycles. The Bertz CT molecular complexity index is 602. The molecule has 136 valence electrons. The maximum atomic E-state index is 13.0. The van der Waals surface area contributed by atoms with Gasteiger partial charge < -0.3 is 14.8 Å². The van der Waals surface area contributed by atoms with Crippen LogP contribution in [0.3, 0.4) is 0 Å². The van der Waals surface area contributed by atoms with E-state index in [-0.39, 0.29) is 25.6 Å². The molecule has 0 saturated carbocycles. The number of ether oxygens (including phenoxy) is 2. The first-order valence-corrected chi connectivity index (χ1v) is 7.22. The number of carbonyl (C=O) groups is 1. The second-order valence-electron chi connectivity index (χ2n) is 5.38. The average Bonchev–Trinajstić information content (AvgIpc) is 2.48. The number of aromatic nitrogens is 2. The Morgan fingerprint density at radius 2 is 2.08 bits per heavy atom. The zero-order valence-corrected chi connectivity index (χ0v) is 13.6. The number of hydrogen-bond acceptors (Lipinski definition) is 6. The highest BCUT2D eigenvalue weighted by atomic mass is 19.4. The number of halogens is 3. The molecule has 0 aliphatic carbocycles. The molecule has 10 heteroatoms. The van der Waals surface area contributed by atoms with Crippen LogP contribution >= 0.6 is 0 Å². The number of methoxy groups -OCH3 is 1. The van der Waals surface area contributed by atoms with Gasteiger partial charge in [0.2, 0.25) is 0 Å². The molecular weight excluding hydrogens is 331 g/mol. The Labute approximate surface area is 136 Å². The summed E-state index contributed by atoms with van der Waals surface area (Å²) in [4.78, 5) is 22.4. The third-order valence-corrected chi connectivity index (χ3v) is 3.26. The zero-order valence-electron chi connectivity index (χ0n) is 13.6. The van der Waals surface area contributed by atoms with Crippen LogP contribution < -0.4 is 10.9 Å². The van der Waals surface area contributed by atoms with Crippen molar-refractivity contribution >= 4 is 11.7 Å². The van der Waals surface area contributed by atoms with Gasteiger partial charge in [-0.25, -0.2) is 5.10 Å². The Balaban J connectivity index is 2.81. The average molecular weight is 351 g/mol. The minimum atomic E-state index is -4.81. The van der Waals surface area contributed by atoms with Crippen molar-refractivity contribution in [3.05, 3.63) is 22.1 Å². The third kappa shape index (κ3) is 5.84. The minimum Gasteiger partial charge on any atom is -0.469 e. The van der Waals surface area contributed by atoms with E-state index in [1.807, 2.05) is 0 Å². The summed E-state index contributed by atoms with van der Waals surface area (Å²) in [6, 6.07) is -0.507. The molecule has 7 nitrogen and oxygen atoms in total. The Morgan fingerprint density at radius 3 is 2.62 bits per heavy atom. The molecule has 0 amide bonds. The van der Waals surface area contributed by atoms with E-state index in [2.05, 4.69) is 15.2 Å². The standard InChI is InChI=1S/C14H20F3N3O4/c1-8(2)10(7-24-5-4-11(21)23-3)19-9-6-18-20-13(22)12(9)14(15,16)17/h6,8,10H,4-5,7H2,1-3H3,(H2,19,20,22). The Hall–Kier alpha value is -2.10. The molecule has 1 heterocycles. The summed E-state index contributed by atoms with van der Waals surface area (Å²) in [5, 5.41) is 7.82. The van der Waals surface area contributed by atoms with Crippen LogP contribution in [0.5, 0.6) is 0 Å². The maximum Gasteiger partial charge on any atom is 0.423 e. The van der Waals surface area contributed by atoms with E-state index in [0.717, 1.165) is 6.20 Å². The monoisotopic (exact) mass is 351 g/mol. The Kier molecular flexibility index (Phi) is 7.20. The van der Waals surface area contributed by atoms with E-state index in [4.69, 9.17) is 4.74 Å². The molecule has 0 fully saturated rings. The maximum absolute atomic E-state index is 13.0. The van der Waals surface area contributed by atoms with Gasteiger partial charge in [-0.3, -0.25) is 9.59 Å². The molecule has 0 aromatic carbocycles. The zero-order chi connectivity index (χ0) is 18.3. The van der Waals surface area contributed by atoms with Crippen molar-refractivity contribution in [2.45, 2.75) is 32.5 Å². The number of anilines is 1. The van der Waals surface area contributed by atoms with Crippen molar-refractivity contribution in [2.24, 2.45) is 5.92 Å². The third-order valence-electron chi connectivity index (χ3n) is 3.26. The molecule has 1 rings (SSSR count). The summed E-state index contributed by atoms with van der Waals surface area (Å²) in [5.74, 6) is -0.536. The number of hydrogen-bond donors (Lipinski definition) is 2. The van der Waals surface area contributed by atoms with E-state index in [0.29, 0.717) is 0 Å². The lowest BCUT2D eigenvalue weighted by Crippen LogP contribution is -2.34. The van der Waals surface area contributed by atoms with Crippen LogP contribution in [-0.4, -0.2) is 42.5 Å². The number of carbonyl (C=O) groups excluding carboxylic acids is 1. The van der Waals surface area contributed by atoms with Gasteiger partial charge in [-0.2, -0.15) is 18.3 Å². The molecule has 0 saturated heterocycles. The fourth-order valence-corrected chi connectivity index (χ4v) is 1.86. The van der Waals surface area contributed by atoms with Gasteiger partial charge >= 0.3 is 12.1 Å². The normalized spacial score (nSPS) is 13.0. The second kappa shape index (κ2) is 8.67. The number of nitrogens with zero attached hydrogens (tertiary/aromatic N) is 1. The predicted octanol–water partition coefficient (Wildman–Crippen LogP) is 1.80. The number of H-pyrrole nitrogens is 1.